The van der Waals surface area contributed by atoms with Crippen molar-refractivity contribution in [1.82, 2.24) is 4.90 Å². The molecule has 114 valence electrons. The molecule has 2 nitrogen and oxygen atoms in total. The first-order valence-corrected chi connectivity index (χ1v) is 9.42. The summed E-state index contributed by atoms with van der Waals surface area (Å²) in [4.78, 5) is 16.5. The number of benzene rings is 1. The van der Waals surface area contributed by atoms with Gasteiger partial charge in [0.15, 0.2) is 5.78 Å². The third-order valence-electron chi connectivity index (χ3n) is 5.08. The molecule has 2 atom stereocenters. The van der Waals surface area contributed by atoms with E-state index in [1.807, 2.05) is 18.2 Å². The zero-order chi connectivity index (χ0) is 14.7. The van der Waals surface area contributed by atoms with Gasteiger partial charge in [-0.3, -0.25) is 4.79 Å². The number of hydrogen-bond acceptors (Lipinski definition) is 3. The first kappa shape index (κ1) is 15.1. The van der Waals surface area contributed by atoms with E-state index in [9.17, 15) is 4.79 Å². The molecule has 1 aromatic rings. The number of carbonyl (C=O) groups excluding carboxylic acids is 1. The van der Waals surface area contributed by atoms with Gasteiger partial charge in [-0.05, 0) is 57.0 Å². The summed E-state index contributed by atoms with van der Waals surface area (Å²) in [6.07, 6.45) is 9.28. The molecule has 1 heterocycles. The van der Waals surface area contributed by atoms with Crippen LogP contribution in [0.2, 0.25) is 0 Å². The van der Waals surface area contributed by atoms with Gasteiger partial charge in [-0.2, -0.15) is 0 Å². The van der Waals surface area contributed by atoms with Gasteiger partial charge in [0.25, 0.3) is 0 Å². The summed E-state index contributed by atoms with van der Waals surface area (Å²) >= 11 is 1.68. The Morgan fingerprint density at radius 3 is 2.71 bits per heavy atom. The Labute approximate surface area is 132 Å². The maximum atomic E-state index is 12.7. The molecule has 3 rings (SSSR count). The summed E-state index contributed by atoms with van der Waals surface area (Å²) < 4.78 is 0. The lowest BCUT2D eigenvalue weighted by molar-refractivity contribution is 0.0927. The molecule has 0 amide bonds. The average molecular weight is 303 g/mol. The number of ketones is 1. The van der Waals surface area contributed by atoms with Crippen molar-refractivity contribution in [3.05, 3.63) is 29.8 Å². The highest BCUT2D eigenvalue weighted by Crippen LogP contribution is 2.35. The molecule has 1 aliphatic heterocycles. The molecule has 1 saturated heterocycles. The minimum absolute atomic E-state index is 0.344. The average Bonchev–Trinajstić information content (AvgIpc) is 3.17. The number of hydrogen-bond donors (Lipinski definition) is 0. The molecule has 0 bridgehead atoms. The van der Waals surface area contributed by atoms with Gasteiger partial charge in [0.05, 0.1) is 0 Å². The summed E-state index contributed by atoms with van der Waals surface area (Å²) in [7, 11) is 0. The van der Waals surface area contributed by atoms with Crippen LogP contribution in [0.15, 0.2) is 29.2 Å². The van der Waals surface area contributed by atoms with Crippen molar-refractivity contribution in [2.75, 3.05) is 19.3 Å². The zero-order valence-electron chi connectivity index (χ0n) is 12.9. The van der Waals surface area contributed by atoms with E-state index in [4.69, 9.17) is 0 Å². The molecule has 1 aliphatic carbocycles. The quantitative estimate of drug-likeness (QED) is 0.599. The third kappa shape index (κ3) is 3.35. The van der Waals surface area contributed by atoms with Gasteiger partial charge in [-0.15, -0.1) is 11.8 Å². The molecule has 2 fully saturated rings. The van der Waals surface area contributed by atoms with Crippen molar-refractivity contribution in [3.63, 3.8) is 0 Å². The molecule has 0 radical (unpaired) electrons. The molecule has 0 N–H and O–H groups in total. The van der Waals surface area contributed by atoms with Crippen LogP contribution in [-0.2, 0) is 0 Å². The number of Topliss-reactive ketones (excluding diaryl/α,β-unsaturated/α-hetero) is 1. The molecule has 2 aliphatic rings. The van der Waals surface area contributed by atoms with Crippen molar-refractivity contribution < 1.29 is 4.79 Å². The fourth-order valence-electron chi connectivity index (χ4n) is 4.03. The van der Waals surface area contributed by atoms with Gasteiger partial charge in [0.2, 0.25) is 0 Å². The molecule has 21 heavy (non-hydrogen) atoms. The van der Waals surface area contributed by atoms with Gasteiger partial charge in [0.1, 0.15) is 0 Å². The van der Waals surface area contributed by atoms with Gasteiger partial charge in [-0.1, -0.05) is 24.6 Å². The minimum atomic E-state index is 0.344. The first-order valence-electron chi connectivity index (χ1n) is 8.20. The van der Waals surface area contributed by atoms with Crippen molar-refractivity contribution in [2.45, 2.75) is 49.5 Å². The van der Waals surface area contributed by atoms with Crippen molar-refractivity contribution in [1.29, 1.82) is 0 Å². The molecule has 1 saturated carbocycles. The van der Waals surface area contributed by atoms with Gasteiger partial charge in [0, 0.05) is 22.9 Å². The SMILES string of the molecule is CSc1ccccc1C(=O)CC1CCCC1N1CCCC1. The molecule has 3 heteroatoms. The lowest BCUT2D eigenvalue weighted by Crippen LogP contribution is -2.36. The number of rotatable bonds is 5. The summed E-state index contributed by atoms with van der Waals surface area (Å²) in [6, 6.07) is 8.72. The normalized spacial score (nSPS) is 26.3. The maximum Gasteiger partial charge on any atom is 0.164 e. The topological polar surface area (TPSA) is 20.3 Å². The largest absolute Gasteiger partial charge is 0.300 e. The molecular weight excluding hydrogens is 278 g/mol. The Morgan fingerprint density at radius 2 is 1.95 bits per heavy atom. The highest BCUT2D eigenvalue weighted by atomic mass is 32.2. The molecular formula is C18H25NOS. The van der Waals surface area contributed by atoms with Crippen molar-refractivity contribution >= 4 is 17.5 Å². The first-order chi connectivity index (χ1) is 10.3. The fraction of sp³-hybridized carbons (Fsp3) is 0.611. The van der Waals surface area contributed by atoms with Crippen LogP contribution in [0.25, 0.3) is 0 Å². The lowest BCUT2D eigenvalue weighted by Gasteiger charge is -2.29. The summed E-state index contributed by atoms with van der Waals surface area (Å²) in [6.45, 7) is 2.49. The zero-order valence-corrected chi connectivity index (χ0v) is 13.7. The van der Waals surface area contributed by atoms with E-state index in [0.717, 1.165) is 16.9 Å². The van der Waals surface area contributed by atoms with Gasteiger partial charge >= 0.3 is 0 Å². The van der Waals surface area contributed by atoms with E-state index < -0.39 is 0 Å². The lowest BCUT2D eigenvalue weighted by atomic mass is 9.93. The summed E-state index contributed by atoms with van der Waals surface area (Å²) in [5.74, 6) is 0.918. The van der Waals surface area contributed by atoms with Crippen LogP contribution in [0.1, 0.15) is 48.9 Å². The Hall–Kier alpha value is -0.800. The highest BCUT2D eigenvalue weighted by Gasteiger charge is 2.34. The Morgan fingerprint density at radius 1 is 1.19 bits per heavy atom. The molecule has 0 aromatic heterocycles. The van der Waals surface area contributed by atoms with E-state index in [0.29, 0.717) is 17.7 Å². The predicted octanol–water partition coefficient (Wildman–Crippen LogP) is 4.25. The fourth-order valence-corrected chi connectivity index (χ4v) is 4.65. The molecule has 1 aromatic carbocycles. The smallest absolute Gasteiger partial charge is 0.164 e. The second kappa shape index (κ2) is 6.97. The molecule has 0 spiro atoms. The summed E-state index contributed by atoms with van der Waals surface area (Å²) in [5, 5.41) is 0. The standard InChI is InChI=1S/C18H25NOS/c1-21-18-10-3-2-8-15(18)17(20)13-14-7-6-9-16(14)19-11-4-5-12-19/h2-3,8,10,14,16H,4-7,9,11-13H2,1H3. The third-order valence-corrected chi connectivity index (χ3v) is 5.88. The van der Waals surface area contributed by atoms with Crippen LogP contribution in [0.5, 0.6) is 0 Å². The van der Waals surface area contributed by atoms with Crippen LogP contribution in [0, 0.1) is 5.92 Å². The van der Waals surface area contributed by atoms with Crippen LogP contribution >= 0.6 is 11.8 Å². The van der Waals surface area contributed by atoms with Crippen LogP contribution < -0.4 is 0 Å². The Bertz CT molecular complexity index is 496. The Kier molecular flexibility index (Phi) is 5.02. The number of carbonyl (C=O) groups is 1. The number of likely N-dealkylation sites (tertiary alicyclic amines) is 1. The van der Waals surface area contributed by atoms with Crippen molar-refractivity contribution in [2.24, 2.45) is 5.92 Å². The number of thioether (sulfide) groups is 1. The van der Waals surface area contributed by atoms with Crippen LogP contribution in [0.3, 0.4) is 0 Å². The second-order valence-electron chi connectivity index (χ2n) is 6.33. The monoisotopic (exact) mass is 303 g/mol. The van der Waals surface area contributed by atoms with Crippen LogP contribution in [0.4, 0.5) is 0 Å². The van der Waals surface area contributed by atoms with E-state index in [1.54, 1.807) is 11.8 Å². The van der Waals surface area contributed by atoms with Gasteiger partial charge in [-0.25, -0.2) is 0 Å². The summed E-state index contributed by atoms with van der Waals surface area (Å²) in [5.41, 5.74) is 0.928. The minimum Gasteiger partial charge on any atom is -0.300 e. The Balaban J connectivity index is 1.68. The second-order valence-corrected chi connectivity index (χ2v) is 7.18. The van der Waals surface area contributed by atoms with E-state index in [2.05, 4.69) is 17.2 Å². The predicted molar refractivity (Wildman–Crippen MR) is 89.1 cm³/mol. The van der Waals surface area contributed by atoms with Crippen molar-refractivity contribution in [3.8, 4) is 0 Å². The van der Waals surface area contributed by atoms with Gasteiger partial charge < -0.3 is 4.90 Å². The maximum absolute atomic E-state index is 12.7. The van der Waals surface area contributed by atoms with E-state index >= 15 is 0 Å². The highest BCUT2D eigenvalue weighted by molar-refractivity contribution is 7.98. The number of nitrogens with zero attached hydrogens (tertiary/aromatic N) is 1. The van der Waals surface area contributed by atoms with Crippen LogP contribution in [-0.4, -0.2) is 36.1 Å². The van der Waals surface area contributed by atoms with E-state index in [-0.39, 0.29) is 0 Å². The van der Waals surface area contributed by atoms with E-state index in [1.165, 1.54) is 45.2 Å². The molecule has 2 unspecified atom stereocenters.